The first-order valence-electron chi connectivity index (χ1n) is 4.57. The molecular formula is C10H8F5NO2. The van der Waals surface area contributed by atoms with E-state index in [1.54, 1.807) is 0 Å². The number of aryl methyl sites for hydroxylation is 1. The van der Waals surface area contributed by atoms with Crippen molar-refractivity contribution < 1.29 is 31.9 Å². The molecule has 0 saturated carbocycles. The third-order valence-corrected chi connectivity index (χ3v) is 2.48. The maximum absolute atomic E-state index is 13.4. The van der Waals surface area contributed by atoms with Gasteiger partial charge in [0.05, 0.1) is 0 Å². The number of benzene rings is 1. The first-order valence-corrected chi connectivity index (χ1v) is 4.57. The smallest absolute Gasteiger partial charge is 0.421 e. The zero-order chi connectivity index (χ0) is 14.3. The summed E-state index contributed by atoms with van der Waals surface area (Å²) in [6, 6.07) is 1.33. The second kappa shape index (κ2) is 4.20. The minimum atomic E-state index is -5.47. The van der Waals surface area contributed by atoms with Crippen LogP contribution in [0.2, 0.25) is 0 Å². The van der Waals surface area contributed by atoms with E-state index in [-0.39, 0.29) is 5.56 Å². The minimum Gasteiger partial charge on any atom is -0.479 e. The van der Waals surface area contributed by atoms with Gasteiger partial charge in [-0.2, -0.15) is 13.2 Å². The molecule has 0 aliphatic carbocycles. The summed E-state index contributed by atoms with van der Waals surface area (Å²) < 4.78 is 64.6. The number of nitrogens with two attached hydrogens (primary N) is 1. The lowest BCUT2D eigenvalue weighted by Crippen LogP contribution is -2.57. The molecule has 1 aromatic rings. The summed E-state index contributed by atoms with van der Waals surface area (Å²) in [7, 11) is 0. The Morgan fingerprint density at radius 2 is 1.72 bits per heavy atom. The minimum absolute atomic E-state index is 0.258. The number of hydrogen-bond donors (Lipinski definition) is 2. The molecule has 1 unspecified atom stereocenters. The van der Waals surface area contributed by atoms with Gasteiger partial charge in [0.1, 0.15) is 0 Å². The van der Waals surface area contributed by atoms with Crippen molar-refractivity contribution in [1.29, 1.82) is 0 Å². The highest BCUT2D eigenvalue weighted by Crippen LogP contribution is 2.39. The molecule has 0 bridgehead atoms. The number of carboxylic acid groups (broad SMARTS) is 1. The normalized spacial score (nSPS) is 15.3. The predicted molar refractivity (Wildman–Crippen MR) is 50.7 cm³/mol. The topological polar surface area (TPSA) is 63.3 Å². The highest BCUT2D eigenvalue weighted by Gasteiger charge is 2.61. The van der Waals surface area contributed by atoms with Gasteiger partial charge in [-0.05, 0) is 12.5 Å². The lowest BCUT2D eigenvalue weighted by atomic mass is 9.89. The Kier molecular flexibility index (Phi) is 3.35. The molecule has 0 aliphatic heterocycles. The molecule has 0 aromatic heterocycles. The van der Waals surface area contributed by atoms with Crippen LogP contribution >= 0.6 is 0 Å². The van der Waals surface area contributed by atoms with Gasteiger partial charge in [-0.25, -0.2) is 13.6 Å². The van der Waals surface area contributed by atoms with Crippen molar-refractivity contribution in [1.82, 2.24) is 0 Å². The van der Waals surface area contributed by atoms with E-state index in [0.717, 1.165) is 13.0 Å². The number of hydrogen-bond acceptors (Lipinski definition) is 2. The third-order valence-electron chi connectivity index (χ3n) is 2.48. The standard InChI is InChI=1S/C10H8F5NO2/c1-4-2-3-5(7(12)6(4)11)9(16,8(17)18)10(13,14)15/h2-3H,16H2,1H3,(H,17,18). The average molecular weight is 269 g/mol. The van der Waals surface area contributed by atoms with E-state index in [2.05, 4.69) is 0 Å². The molecule has 1 atom stereocenters. The largest absolute Gasteiger partial charge is 0.479 e. The molecular weight excluding hydrogens is 261 g/mol. The van der Waals surface area contributed by atoms with Gasteiger partial charge in [0.15, 0.2) is 11.6 Å². The van der Waals surface area contributed by atoms with Gasteiger partial charge in [0.2, 0.25) is 5.54 Å². The van der Waals surface area contributed by atoms with Crippen LogP contribution in [-0.4, -0.2) is 17.3 Å². The maximum Gasteiger partial charge on any atom is 0.421 e. The highest BCUT2D eigenvalue weighted by atomic mass is 19.4. The summed E-state index contributed by atoms with van der Waals surface area (Å²) in [5.41, 5.74) is -0.992. The van der Waals surface area contributed by atoms with Crippen molar-refractivity contribution in [3.05, 3.63) is 34.9 Å². The first-order chi connectivity index (χ1) is 8.03. The summed E-state index contributed by atoms with van der Waals surface area (Å²) >= 11 is 0. The van der Waals surface area contributed by atoms with E-state index >= 15 is 0 Å². The van der Waals surface area contributed by atoms with E-state index in [1.165, 1.54) is 0 Å². The predicted octanol–water partition coefficient (Wildman–Crippen LogP) is 2.07. The Hall–Kier alpha value is -1.70. The molecule has 3 nitrogen and oxygen atoms in total. The second-order valence-corrected chi connectivity index (χ2v) is 3.67. The molecule has 8 heteroatoms. The lowest BCUT2D eigenvalue weighted by Gasteiger charge is -2.28. The Bertz CT molecular complexity index is 500. The molecule has 0 fully saturated rings. The van der Waals surface area contributed by atoms with Crippen LogP contribution in [0.4, 0.5) is 22.0 Å². The second-order valence-electron chi connectivity index (χ2n) is 3.67. The van der Waals surface area contributed by atoms with Crippen LogP contribution in [0.25, 0.3) is 0 Å². The van der Waals surface area contributed by atoms with Gasteiger partial charge in [0, 0.05) is 5.56 Å². The molecule has 0 amide bonds. The monoisotopic (exact) mass is 269 g/mol. The quantitative estimate of drug-likeness (QED) is 0.808. The van der Waals surface area contributed by atoms with Crippen molar-refractivity contribution in [2.75, 3.05) is 0 Å². The molecule has 18 heavy (non-hydrogen) atoms. The molecule has 0 spiro atoms. The van der Waals surface area contributed by atoms with E-state index in [0.29, 0.717) is 6.07 Å². The van der Waals surface area contributed by atoms with Gasteiger partial charge < -0.3 is 10.8 Å². The summed E-state index contributed by atoms with van der Waals surface area (Å²) in [5.74, 6) is -6.00. The van der Waals surface area contributed by atoms with Crippen LogP contribution < -0.4 is 5.73 Å². The van der Waals surface area contributed by atoms with Crippen LogP contribution in [0, 0.1) is 18.6 Å². The molecule has 1 aromatic carbocycles. The van der Waals surface area contributed by atoms with Crippen LogP contribution in [0.3, 0.4) is 0 Å². The lowest BCUT2D eigenvalue weighted by molar-refractivity contribution is -0.205. The van der Waals surface area contributed by atoms with Crippen LogP contribution in [-0.2, 0) is 10.3 Å². The average Bonchev–Trinajstić information content (AvgIpc) is 2.23. The van der Waals surface area contributed by atoms with Crippen molar-refractivity contribution in [2.24, 2.45) is 5.73 Å². The van der Waals surface area contributed by atoms with Crippen molar-refractivity contribution in [3.8, 4) is 0 Å². The van der Waals surface area contributed by atoms with Gasteiger partial charge in [-0.3, -0.25) is 0 Å². The van der Waals surface area contributed by atoms with E-state index in [9.17, 15) is 26.7 Å². The number of alkyl halides is 3. The van der Waals surface area contributed by atoms with Gasteiger partial charge >= 0.3 is 12.1 Å². The molecule has 1 rings (SSSR count). The number of carbonyl (C=O) groups is 1. The van der Waals surface area contributed by atoms with E-state index in [4.69, 9.17) is 10.8 Å². The maximum atomic E-state index is 13.4. The molecule has 0 aliphatic rings. The SMILES string of the molecule is Cc1ccc(C(N)(C(=O)O)C(F)(F)F)c(F)c1F. The number of halogens is 5. The Morgan fingerprint density at radius 1 is 1.22 bits per heavy atom. The van der Waals surface area contributed by atoms with Crippen molar-refractivity contribution in [2.45, 2.75) is 18.6 Å². The number of rotatable bonds is 2. The summed E-state index contributed by atoms with van der Waals surface area (Å²) in [5, 5.41) is 8.57. The van der Waals surface area contributed by atoms with Gasteiger partial charge in [0.25, 0.3) is 0 Å². The van der Waals surface area contributed by atoms with Crippen LogP contribution in [0.1, 0.15) is 11.1 Å². The van der Waals surface area contributed by atoms with Crippen LogP contribution in [0.15, 0.2) is 12.1 Å². The van der Waals surface area contributed by atoms with E-state index in [1.807, 2.05) is 0 Å². The van der Waals surface area contributed by atoms with Crippen LogP contribution in [0.5, 0.6) is 0 Å². The fourth-order valence-corrected chi connectivity index (χ4v) is 1.34. The zero-order valence-corrected chi connectivity index (χ0v) is 8.98. The molecule has 0 heterocycles. The molecule has 3 N–H and O–H groups in total. The number of carboxylic acids is 1. The van der Waals surface area contributed by atoms with Gasteiger partial charge in [-0.1, -0.05) is 12.1 Å². The zero-order valence-electron chi connectivity index (χ0n) is 8.98. The molecule has 0 saturated heterocycles. The third kappa shape index (κ3) is 1.92. The summed E-state index contributed by atoms with van der Waals surface area (Å²) in [6.07, 6.45) is -5.47. The fraction of sp³-hybridized carbons (Fsp3) is 0.300. The van der Waals surface area contributed by atoms with Crippen molar-refractivity contribution in [3.63, 3.8) is 0 Å². The summed E-state index contributed by atoms with van der Waals surface area (Å²) in [4.78, 5) is 10.7. The Balaban J connectivity index is 3.61. The van der Waals surface area contributed by atoms with E-state index < -0.39 is 34.9 Å². The fourth-order valence-electron chi connectivity index (χ4n) is 1.34. The Morgan fingerprint density at radius 3 is 2.11 bits per heavy atom. The first kappa shape index (κ1) is 14.4. The highest BCUT2D eigenvalue weighted by molar-refractivity contribution is 5.81. The molecule has 0 radical (unpaired) electrons. The van der Waals surface area contributed by atoms with Gasteiger partial charge in [-0.15, -0.1) is 0 Å². The summed E-state index contributed by atoms with van der Waals surface area (Å²) in [6.45, 7) is 1.12. The molecule has 100 valence electrons. The Labute approximate surface area is 98.0 Å². The van der Waals surface area contributed by atoms with Crippen molar-refractivity contribution >= 4 is 5.97 Å². The number of aliphatic carboxylic acids is 1.